The molecular formula is C40H66FN7O16P2. The molecule has 66 heavy (non-hydrogen) atoms. The number of aromatic amines is 2. The highest BCUT2D eigenvalue weighted by molar-refractivity contribution is 7.47. The number of ether oxygens (including phenoxy) is 3. The van der Waals surface area contributed by atoms with Crippen LogP contribution in [0.5, 0.6) is 0 Å². The quantitative estimate of drug-likeness (QED) is 0.0178. The molecule has 2 aromatic heterocycles. The fraction of sp³-hybridized carbons (Fsp3) is 0.800. The molecule has 5 N–H and O–H groups in total. The van der Waals surface area contributed by atoms with Gasteiger partial charge in [0.15, 0.2) is 0 Å². The van der Waals surface area contributed by atoms with Gasteiger partial charge in [0.2, 0.25) is 5.82 Å². The topological polar surface area (TPSA) is 318 Å². The number of aliphatic hydroxyl groups excluding tert-OH is 1. The summed E-state index contributed by atoms with van der Waals surface area (Å²) < 4.78 is 79.3. The van der Waals surface area contributed by atoms with E-state index in [0.717, 1.165) is 30.3 Å². The first-order chi connectivity index (χ1) is 31.5. The van der Waals surface area contributed by atoms with Crippen LogP contribution < -0.4 is 22.5 Å². The van der Waals surface area contributed by atoms with E-state index in [4.69, 9.17) is 37.8 Å². The first-order valence-corrected chi connectivity index (χ1v) is 25.7. The number of unbranched alkanes of at least 4 members (excludes halogenated alkanes) is 15. The Bertz CT molecular complexity index is 2190. The molecule has 0 aliphatic carbocycles. The summed E-state index contributed by atoms with van der Waals surface area (Å²) in [5.74, 6) is -1.27. The second-order valence-corrected chi connectivity index (χ2v) is 19.5. The molecule has 2 aromatic rings. The van der Waals surface area contributed by atoms with Crippen LogP contribution in [0.3, 0.4) is 0 Å². The van der Waals surface area contributed by atoms with E-state index in [0.29, 0.717) is 17.2 Å². The van der Waals surface area contributed by atoms with E-state index in [1.165, 1.54) is 83.7 Å². The van der Waals surface area contributed by atoms with Crippen LogP contribution in [0.1, 0.15) is 141 Å². The van der Waals surface area contributed by atoms with Crippen molar-refractivity contribution in [2.45, 2.75) is 172 Å². The zero-order chi connectivity index (χ0) is 48.1. The molecule has 2 saturated heterocycles. The van der Waals surface area contributed by atoms with Crippen molar-refractivity contribution in [2.75, 3.05) is 33.0 Å². The third-order valence-corrected chi connectivity index (χ3v) is 13.2. The number of hydrogen-bond acceptors (Lipinski definition) is 15. The summed E-state index contributed by atoms with van der Waals surface area (Å²) in [6.07, 6.45) is 13.0. The molecule has 0 radical (unpaired) electrons. The lowest BCUT2D eigenvalue weighted by Gasteiger charge is -2.23. The molecule has 4 heterocycles. The number of aromatic nitrogens is 4. The lowest BCUT2D eigenvalue weighted by Crippen LogP contribution is -2.34. The number of phosphoric ester groups is 2. The van der Waals surface area contributed by atoms with Gasteiger partial charge in [-0.1, -0.05) is 108 Å². The minimum atomic E-state index is -4.93. The van der Waals surface area contributed by atoms with Crippen LogP contribution in [0, 0.1) is 12.7 Å². The van der Waals surface area contributed by atoms with E-state index in [9.17, 15) is 47.6 Å². The number of hydrogen-bond donors (Lipinski definition) is 5. The Balaban J connectivity index is 1.25. The van der Waals surface area contributed by atoms with Gasteiger partial charge < -0.3 is 29.1 Å². The second-order valence-electron chi connectivity index (χ2n) is 16.6. The molecule has 0 spiro atoms. The summed E-state index contributed by atoms with van der Waals surface area (Å²) in [7, 11) is -9.85. The van der Waals surface area contributed by atoms with Crippen molar-refractivity contribution in [1.82, 2.24) is 19.1 Å². The normalized spacial score (nSPS) is 23.1. The number of nitrogens with one attached hydrogen (secondary N) is 2. The van der Waals surface area contributed by atoms with Crippen molar-refractivity contribution in [1.29, 1.82) is 0 Å². The van der Waals surface area contributed by atoms with Crippen molar-refractivity contribution in [3.8, 4) is 0 Å². The molecule has 0 bridgehead atoms. The summed E-state index contributed by atoms with van der Waals surface area (Å²) in [4.78, 5) is 75.7. The molecule has 2 aliphatic rings. The van der Waals surface area contributed by atoms with Gasteiger partial charge in [0.05, 0.1) is 50.9 Å². The van der Waals surface area contributed by atoms with Crippen LogP contribution in [0.4, 0.5) is 4.39 Å². The maximum absolute atomic E-state index is 13.8. The highest BCUT2D eigenvalue weighted by Crippen LogP contribution is 2.47. The molecule has 9 unspecified atom stereocenters. The van der Waals surface area contributed by atoms with Crippen molar-refractivity contribution >= 4 is 15.6 Å². The first-order valence-electron chi connectivity index (χ1n) is 22.7. The summed E-state index contributed by atoms with van der Waals surface area (Å²) in [6, 6.07) is -0.946. The van der Waals surface area contributed by atoms with Gasteiger partial charge in [-0.2, -0.15) is 4.39 Å². The van der Waals surface area contributed by atoms with Gasteiger partial charge in [-0.05, 0) is 18.9 Å². The molecule has 0 saturated carbocycles. The zero-order valence-corrected chi connectivity index (χ0v) is 39.4. The molecular weight excluding hydrogens is 915 g/mol. The Kier molecular flexibility index (Phi) is 23.6. The van der Waals surface area contributed by atoms with Crippen LogP contribution in [0.15, 0.2) is 36.7 Å². The van der Waals surface area contributed by atoms with Gasteiger partial charge in [-0.15, -0.1) is 0 Å². The van der Waals surface area contributed by atoms with E-state index in [1.807, 2.05) is 0 Å². The van der Waals surface area contributed by atoms with Crippen molar-refractivity contribution in [2.24, 2.45) is 5.11 Å². The molecule has 23 nitrogen and oxygen atoms in total. The summed E-state index contributed by atoms with van der Waals surface area (Å²) in [5, 5.41) is 14.1. The predicted molar refractivity (Wildman–Crippen MR) is 236 cm³/mol. The summed E-state index contributed by atoms with van der Waals surface area (Å²) in [5.41, 5.74) is 5.69. The van der Waals surface area contributed by atoms with Crippen molar-refractivity contribution in [3.63, 3.8) is 0 Å². The number of phosphoric acid groups is 2. The van der Waals surface area contributed by atoms with E-state index >= 15 is 0 Å². The fourth-order valence-electron chi connectivity index (χ4n) is 7.54. The summed E-state index contributed by atoms with van der Waals surface area (Å²) >= 11 is 0. The number of nitrogens with zero attached hydrogens (tertiary/aromatic N) is 5. The Labute approximate surface area is 381 Å². The molecule has 9 atom stereocenters. The SMILES string of the molecule is CCCCCCCCCCCCCCCCCCOC(COP(=O)(O)OCC1OC(n2cc(F)c(=O)[nH]c2=O)CC1O)COP(=O)(O)OCC1OC(n2cc(C)c(=O)[nH]c2=O)CC1N=[N+]=[N-]. The smallest absolute Gasteiger partial charge is 0.390 e. The van der Waals surface area contributed by atoms with Gasteiger partial charge in [-0.25, -0.2) is 18.7 Å². The highest BCUT2D eigenvalue weighted by Gasteiger charge is 2.40. The third kappa shape index (κ3) is 19.0. The van der Waals surface area contributed by atoms with Gasteiger partial charge in [0.1, 0.15) is 24.7 Å². The van der Waals surface area contributed by atoms with Gasteiger partial charge in [-0.3, -0.25) is 46.8 Å². The maximum Gasteiger partial charge on any atom is 0.472 e. The Morgan fingerprint density at radius 1 is 0.758 bits per heavy atom. The number of aliphatic hydroxyl groups is 1. The van der Waals surface area contributed by atoms with Crippen molar-refractivity contribution in [3.05, 3.63) is 75.9 Å². The number of halogens is 1. The van der Waals surface area contributed by atoms with Crippen molar-refractivity contribution < 1.29 is 60.7 Å². The standard InChI is InChI=1S/C40H66FN7O16P2/c1-3-4-5-6-7-8-9-10-11-12-13-14-15-16-17-18-19-58-29(25-60-66(56,57)62-27-34-32(49)21-36(64-34)48-23-30(41)38(51)44-40(48)53)24-59-65(54,55)61-26-33-31(45-46-42)20-35(63-33)47-22-28(2)37(50)43-39(47)52/h22-23,29,31-36,49H,3-21,24-27H2,1-2H3,(H,54,55)(H,56,57)(H,43,50,52)(H,44,51,53). The van der Waals surface area contributed by atoms with E-state index in [1.54, 1.807) is 4.98 Å². The fourth-order valence-corrected chi connectivity index (χ4v) is 9.07. The number of aryl methyl sites for hydroxylation is 1. The van der Waals surface area contributed by atoms with Gasteiger partial charge in [0.25, 0.3) is 11.1 Å². The molecule has 26 heteroatoms. The van der Waals surface area contributed by atoms with Crippen LogP contribution in [0.25, 0.3) is 10.4 Å². The average Bonchev–Trinajstić information content (AvgIpc) is 3.85. The average molecular weight is 982 g/mol. The number of rotatable bonds is 33. The van der Waals surface area contributed by atoms with E-state index in [-0.39, 0.29) is 25.0 Å². The molecule has 0 aromatic carbocycles. The zero-order valence-electron chi connectivity index (χ0n) is 37.6. The van der Waals surface area contributed by atoms with E-state index in [2.05, 4.69) is 21.9 Å². The Hall–Kier alpha value is -3.34. The third-order valence-electron chi connectivity index (χ3n) is 11.3. The predicted octanol–water partition coefficient (Wildman–Crippen LogP) is 6.06. The maximum atomic E-state index is 13.8. The Morgan fingerprint density at radius 2 is 1.23 bits per heavy atom. The minimum absolute atomic E-state index is 0.0303. The Morgan fingerprint density at radius 3 is 1.77 bits per heavy atom. The molecule has 0 amide bonds. The van der Waals surface area contributed by atoms with E-state index < -0.39 is 113 Å². The second kappa shape index (κ2) is 28.2. The molecule has 2 fully saturated rings. The summed E-state index contributed by atoms with van der Waals surface area (Å²) in [6.45, 7) is 1.12. The molecule has 4 rings (SSSR count). The van der Waals surface area contributed by atoms with Crippen LogP contribution in [-0.2, 0) is 41.4 Å². The molecule has 2 aliphatic heterocycles. The molecule has 374 valence electrons. The number of azide groups is 1. The monoisotopic (exact) mass is 981 g/mol. The van der Waals surface area contributed by atoms with Gasteiger partial charge >= 0.3 is 27.0 Å². The lowest BCUT2D eigenvalue weighted by atomic mass is 10.0. The van der Waals surface area contributed by atoms with Crippen LogP contribution >= 0.6 is 15.6 Å². The number of H-pyrrole nitrogens is 2. The van der Waals surface area contributed by atoms with Gasteiger partial charge in [0, 0.05) is 36.1 Å². The van der Waals surface area contributed by atoms with Crippen LogP contribution in [-0.4, -0.2) is 97.5 Å². The lowest BCUT2D eigenvalue weighted by molar-refractivity contribution is -0.0531. The largest absolute Gasteiger partial charge is 0.472 e. The minimum Gasteiger partial charge on any atom is -0.390 e. The first kappa shape index (κ1) is 55.3. The highest BCUT2D eigenvalue weighted by atomic mass is 31.2. The van der Waals surface area contributed by atoms with Crippen LogP contribution in [0.2, 0.25) is 0 Å².